The fraction of sp³-hybridized carbons (Fsp3) is 0.533. The molecule has 1 rings (SSSR count). The minimum absolute atomic E-state index is 0.218. The largest absolute Gasteiger partial charge is 0.293 e. The number of likely N-dealkylation sites (N-methyl/N-ethyl adjacent to an activating group) is 1. The minimum Gasteiger partial charge on any atom is -0.293 e. The molecule has 0 spiro atoms. The van der Waals surface area contributed by atoms with Gasteiger partial charge in [-0.15, -0.1) is 0 Å². The molecule has 2 heteroatoms. The van der Waals surface area contributed by atoms with Gasteiger partial charge in [-0.2, -0.15) is 0 Å². The Morgan fingerprint density at radius 2 is 2.06 bits per heavy atom. The maximum atomic E-state index is 12.1. The maximum Gasteiger partial charge on any atom is 0.176 e. The number of carbonyl (C=O) groups excluding carboxylic acids is 1. The van der Waals surface area contributed by atoms with Crippen LogP contribution in [-0.4, -0.2) is 29.8 Å². The van der Waals surface area contributed by atoms with Crippen LogP contribution in [0.1, 0.15) is 43.1 Å². The summed E-state index contributed by atoms with van der Waals surface area (Å²) in [5.41, 5.74) is 1.97. The van der Waals surface area contributed by atoms with Crippen molar-refractivity contribution in [2.24, 2.45) is 0 Å². The predicted octanol–water partition coefficient (Wildman–Crippen LogP) is 3.30. The third-order valence-corrected chi connectivity index (χ3v) is 3.31. The first kappa shape index (κ1) is 13.9. The summed E-state index contributed by atoms with van der Waals surface area (Å²) in [6.07, 6.45) is 1.08. The van der Waals surface area contributed by atoms with Crippen LogP contribution in [-0.2, 0) is 0 Å². The number of nitrogens with zero attached hydrogens (tertiary/aromatic N) is 1. The third-order valence-electron chi connectivity index (χ3n) is 3.31. The summed E-state index contributed by atoms with van der Waals surface area (Å²) < 4.78 is 0. The molecule has 0 amide bonds. The Morgan fingerprint density at radius 3 is 2.59 bits per heavy atom. The van der Waals surface area contributed by atoms with Gasteiger partial charge in [0, 0.05) is 11.6 Å². The summed E-state index contributed by atoms with van der Waals surface area (Å²) >= 11 is 0. The van der Waals surface area contributed by atoms with Crippen molar-refractivity contribution in [2.75, 3.05) is 13.1 Å². The molecule has 0 aliphatic rings. The molecular weight excluding hydrogens is 210 g/mol. The molecule has 0 aromatic heterocycles. The van der Waals surface area contributed by atoms with Crippen molar-refractivity contribution in [1.82, 2.24) is 4.90 Å². The summed E-state index contributed by atoms with van der Waals surface area (Å²) in [7, 11) is 0. The molecule has 0 bridgehead atoms. The molecule has 0 N–H and O–H groups in total. The number of benzene rings is 1. The number of rotatable bonds is 6. The molecule has 1 unspecified atom stereocenters. The molecule has 0 fully saturated rings. The second kappa shape index (κ2) is 6.55. The van der Waals surface area contributed by atoms with Gasteiger partial charge in [-0.3, -0.25) is 9.69 Å². The Bertz CT molecular complexity index is 373. The van der Waals surface area contributed by atoms with Crippen molar-refractivity contribution in [3.63, 3.8) is 0 Å². The van der Waals surface area contributed by atoms with Gasteiger partial charge in [-0.25, -0.2) is 0 Å². The van der Waals surface area contributed by atoms with Crippen molar-refractivity contribution >= 4 is 5.78 Å². The summed E-state index contributed by atoms with van der Waals surface area (Å²) in [4.78, 5) is 14.4. The molecule has 0 saturated carbocycles. The van der Waals surface area contributed by atoms with Crippen molar-refractivity contribution in [2.45, 2.75) is 40.2 Å². The predicted molar refractivity (Wildman–Crippen MR) is 72.5 cm³/mol. The lowest BCUT2D eigenvalue weighted by molar-refractivity contribution is 0.0902. The molecule has 0 aliphatic heterocycles. The van der Waals surface area contributed by atoms with Crippen molar-refractivity contribution in [3.05, 3.63) is 35.4 Å². The van der Waals surface area contributed by atoms with Gasteiger partial charge in [0.2, 0.25) is 0 Å². The van der Waals surface area contributed by atoms with Gasteiger partial charge in [-0.1, -0.05) is 37.6 Å². The lowest BCUT2D eigenvalue weighted by atomic mass is 10.1. The fourth-order valence-corrected chi connectivity index (χ4v) is 1.93. The zero-order valence-corrected chi connectivity index (χ0v) is 11.4. The summed E-state index contributed by atoms with van der Waals surface area (Å²) in [6, 6.07) is 8.30. The number of carbonyl (C=O) groups is 1. The lowest BCUT2D eigenvalue weighted by Gasteiger charge is -2.26. The van der Waals surface area contributed by atoms with E-state index in [1.165, 1.54) is 0 Å². The molecular formula is C15H23NO. The van der Waals surface area contributed by atoms with Crippen LogP contribution < -0.4 is 0 Å². The summed E-state index contributed by atoms with van der Waals surface area (Å²) in [5, 5.41) is 0. The first-order chi connectivity index (χ1) is 8.08. The van der Waals surface area contributed by atoms with Crippen LogP contribution in [0.25, 0.3) is 0 Å². The molecule has 0 aliphatic carbocycles. The van der Waals surface area contributed by atoms with Gasteiger partial charge < -0.3 is 0 Å². The van der Waals surface area contributed by atoms with E-state index in [0.29, 0.717) is 12.6 Å². The van der Waals surface area contributed by atoms with Crippen LogP contribution in [0.3, 0.4) is 0 Å². The highest BCUT2D eigenvalue weighted by Gasteiger charge is 2.15. The van der Waals surface area contributed by atoms with Crippen LogP contribution in [0.5, 0.6) is 0 Å². The Morgan fingerprint density at radius 1 is 1.35 bits per heavy atom. The highest BCUT2D eigenvalue weighted by molar-refractivity contribution is 5.97. The second-order valence-electron chi connectivity index (χ2n) is 4.61. The van der Waals surface area contributed by atoms with Gasteiger partial charge >= 0.3 is 0 Å². The van der Waals surface area contributed by atoms with E-state index < -0.39 is 0 Å². The van der Waals surface area contributed by atoms with Crippen molar-refractivity contribution in [3.8, 4) is 0 Å². The van der Waals surface area contributed by atoms with Gasteiger partial charge in [0.05, 0.1) is 6.54 Å². The second-order valence-corrected chi connectivity index (χ2v) is 4.61. The summed E-state index contributed by atoms with van der Waals surface area (Å²) in [5.74, 6) is 0.218. The number of hydrogen-bond acceptors (Lipinski definition) is 2. The molecule has 1 atom stereocenters. The molecule has 2 nitrogen and oxygen atoms in total. The van der Waals surface area contributed by atoms with E-state index in [-0.39, 0.29) is 5.78 Å². The SMILES string of the molecule is CCC(C)N(CC)CC(=O)c1cccc(C)c1. The van der Waals surface area contributed by atoms with Gasteiger partial charge in [0.15, 0.2) is 5.78 Å². The highest BCUT2D eigenvalue weighted by atomic mass is 16.1. The van der Waals surface area contributed by atoms with E-state index >= 15 is 0 Å². The third kappa shape index (κ3) is 3.97. The monoisotopic (exact) mass is 233 g/mol. The van der Waals surface area contributed by atoms with E-state index in [1.54, 1.807) is 0 Å². The quantitative estimate of drug-likeness (QED) is 0.703. The van der Waals surface area contributed by atoms with E-state index in [2.05, 4.69) is 25.7 Å². The smallest absolute Gasteiger partial charge is 0.176 e. The Kier molecular flexibility index (Phi) is 5.36. The number of Topliss-reactive ketones (excluding diaryl/α,β-unsaturated/α-hetero) is 1. The lowest BCUT2D eigenvalue weighted by Crippen LogP contribution is -2.36. The van der Waals surface area contributed by atoms with Crippen molar-refractivity contribution < 1.29 is 4.79 Å². The first-order valence-corrected chi connectivity index (χ1v) is 6.42. The average Bonchev–Trinajstić information content (AvgIpc) is 2.34. The fourth-order valence-electron chi connectivity index (χ4n) is 1.93. The van der Waals surface area contributed by atoms with Crippen LogP contribution in [0, 0.1) is 6.92 Å². The Balaban J connectivity index is 2.71. The molecule has 0 saturated heterocycles. The topological polar surface area (TPSA) is 20.3 Å². The highest BCUT2D eigenvalue weighted by Crippen LogP contribution is 2.08. The Hall–Kier alpha value is -1.15. The minimum atomic E-state index is 0.218. The zero-order chi connectivity index (χ0) is 12.8. The van der Waals surface area contributed by atoms with Gasteiger partial charge in [0.1, 0.15) is 0 Å². The average molecular weight is 233 g/mol. The summed E-state index contributed by atoms with van der Waals surface area (Å²) in [6.45, 7) is 9.90. The number of aryl methyl sites for hydroxylation is 1. The molecule has 0 heterocycles. The van der Waals surface area contributed by atoms with Crippen molar-refractivity contribution in [1.29, 1.82) is 0 Å². The normalized spacial score (nSPS) is 12.8. The van der Waals surface area contributed by atoms with Gasteiger partial charge in [-0.05, 0) is 32.9 Å². The standard InChI is InChI=1S/C15H23NO/c1-5-13(4)16(6-2)11-15(17)14-9-7-8-12(3)10-14/h7-10,13H,5-6,11H2,1-4H3. The van der Waals surface area contributed by atoms with Crippen LogP contribution in [0.4, 0.5) is 0 Å². The molecule has 1 aromatic rings. The van der Waals surface area contributed by atoms with E-state index in [0.717, 1.165) is 24.1 Å². The van der Waals surface area contributed by atoms with E-state index in [4.69, 9.17) is 0 Å². The maximum absolute atomic E-state index is 12.1. The zero-order valence-electron chi connectivity index (χ0n) is 11.4. The van der Waals surface area contributed by atoms with Crippen LogP contribution in [0.15, 0.2) is 24.3 Å². The molecule has 94 valence electrons. The van der Waals surface area contributed by atoms with Crippen LogP contribution in [0.2, 0.25) is 0 Å². The molecule has 1 aromatic carbocycles. The van der Waals surface area contributed by atoms with Crippen LogP contribution >= 0.6 is 0 Å². The van der Waals surface area contributed by atoms with E-state index in [9.17, 15) is 4.79 Å². The first-order valence-electron chi connectivity index (χ1n) is 6.42. The number of ketones is 1. The van der Waals surface area contributed by atoms with Gasteiger partial charge in [0.25, 0.3) is 0 Å². The van der Waals surface area contributed by atoms with E-state index in [1.807, 2.05) is 31.2 Å². The molecule has 0 radical (unpaired) electrons. The molecule has 17 heavy (non-hydrogen) atoms. The Labute approximate surface area is 105 Å². The number of hydrogen-bond donors (Lipinski definition) is 0.